The van der Waals surface area contributed by atoms with E-state index in [0.29, 0.717) is 23.7 Å². The Balaban J connectivity index is 1.56. The Morgan fingerprint density at radius 1 is 1.03 bits per heavy atom. The van der Waals surface area contributed by atoms with Crippen LogP contribution >= 0.6 is 0 Å². The number of aromatic nitrogens is 6. The molecule has 0 unspecified atom stereocenters. The van der Waals surface area contributed by atoms with E-state index in [1.54, 1.807) is 15.5 Å². The molecular formula is C22H17N7O. The molecule has 1 atom stereocenters. The highest BCUT2D eigenvalue weighted by atomic mass is 16.1. The van der Waals surface area contributed by atoms with Crippen LogP contribution in [0.4, 0.5) is 5.82 Å². The van der Waals surface area contributed by atoms with Crippen LogP contribution in [0.25, 0.3) is 22.2 Å². The Bertz CT molecular complexity index is 1440. The molecule has 8 heteroatoms. The molecule has 1 N–H and O–H groups in total. The fourth-order valence-electron chi connectivity index (χ4n) is 4.36. The van der Waals surface area contributed by atoms with Crippen molar-refractivity contribution < 1.29 is 4.79 Å². The van der Waals surface area contributed by atoms with Crippen molar-refractivity contribution in [2.24, 2.45) is 0 Å². The number of hydrogen-bond acceptors (Lipinski definition) is 5. The molecular weight excluding hydrogens is 378 g/mol. The van der Waals surface area contributed by atoms with Crippen molar-refractivity contribution in [3.05, 3.63) is 77.7 Å². The number of nitrogens with zero attached hydrogens (tertiary/aromatic N) is 6. The van der Waals surface area contributed by atoms with Gasteiger partial charge in [-0.15, -0.1) is 15.3 Å². The quantitative estimate of drug-likeness (QED) is 0.496. The van der Waals surface area contributed by atoms with Gasteiger partial charge in [0.25, 0.3) is 0 Å². The molecule has 0 bridgehead atoms. The zero-order valence-corrected chi connectivity index (χ0v) is 16.1. The highest BCUT2D eigenvalue weighted by molar-refractivity contribution is 5.96. The van der Waals surface area contributed by atoms with Gasteiger partial charge in [0.15, 0.2) is 11.5 Å². The van der Waals surface area contributed by atoms with Crippen molar-refractivity contribution in [1.29, 1.82) is 0 Å². The molecule has 3 aromatic heterocycles. The Morgan fingerprint density at radius 3 is 2.83 bits per heavy atom. The van der Waals surface area contributed by atoms with Gasteiger partial charge in [0, 0.05) is 17.9 Å². The first-order valence-electron chi connectivity index (χ1n) is 9.73. The smallest absolute Gasteiger partial charge is 0.226 e. The monoisotopic (exact) mass is 395 g/mol. The number of anilines is 1. The van der Waals surface area contributed by atoms with E-state index in [0.717, 1.165) is 27.6 Å². The molecule has 1 aliphatic rings. The second kappa shape index (κ2) is 6.21. The number of rotatable bonds is 2. The number of carbonyl (C=O) groups is 1. The summed E-state index contributed by atoms with van der Waals surface area (Å²) in [6.07, 6.45) is 1.92. The molecule has 0 saturated heterocycles. The van der Waals surface area contributed by atoms with Gasteiger partial charge in [0.2, 0.25) is 5.91 Å². The van der Waals surface area contributed by atoms with Crippen molar-refractivity contribution in [2.45, 2.75) is 19.3 Å². The van der Waals surface area contributed by atoms with Gasteiger partial charge in [-0.3, -0.25) is 4.79 Å². The van der Waals surface area contributed by atoms with Crippen molar-refractivity contribution in [1.82, 2.24) is 29.6 Å². The van der Waals surface area contributed by atoms with Crippen LogP contribution in [-0.2, 0) is 4.79 Å². The standard InChI is InChI=1S/C22H17N7O/c1-13-21-17(16-8-4-6-14-5-2-3-7-15(14)16)11-20(30)24-22(21)29(26-13)19-10-9-18-25-23-12-28(18)27-19/h2-10,12,17H,11H2,1H3,(H,24,30)/t17-/m1/s1. The molecule has 0 fully saturated rings. The summed E-state index contributed by atoms with van der Waals surface area (Å²) >= 11 is 0. The molecule has 8 nitrogen and oxygen atoms in total. The molecule has 0 spiro atoms. The van der Waals surface area contributed by atoms with Crippen molar-refractivity contribution >= 4 is 28.1 Å². The van der Waals surface area contributed by atoms with Gasteiger partial charge in [-0.1, -0.05) is 42.5 Å². The lowest BCUT2D eigenvalue weighted by atomic mass is 9.83. The predicted octanol–water partition coefficient (Wildman–Crippen LogP) is 3.25. The molecule has 1 aliphatic heterocycles. The van der Waals surface area contributed by atoms with Crippen LogP contribution in [-0.4, -0.2) is 35.5 Å². The zero-order chi connectivity index (χ0) is 20.2. The lowest BCUT2D eigenvalue weighted by molar-refractivity contribution is -0.116. The van der Waals surface area contributed by atoms with E-state index in [1.165, 1.54) is 0 Å². The molecule has 1 amide bonds. The minimum absolute atomic E-state index is 0.0352. The first kappa shape index (κ1) is 16.8. The van der Waals surface area contributed by atoms with E-state index >= 15 is 0 Å². The van der Waals surface area contributed by atoms with Gasteiger partial charge in [-0.25, -0.2) is 0 Å². The second-order valence-electron chi connectivity index (χ2n) is 7.46. The highest BCUT2D eigenvalue weighted by Gasteiger charge is 2.33. The van der Waals surface area contributed by atoms with Gasteiger partial charge in [-0.2, -0.15) is 14.3 Å². The first-order valence-corrected chi connectivity index (χ1v) is 9.73. The topological polar surface area (TPSA) is 90.0 Å². The van der Waals surface area contributed by atoms with E-state index in [-0.39, 0.29) is 11.8 Å². The number of carbonyl (C=O) groups excluding carboxylic acids is 1. The van der Waals surface area contributed by atoms with Gasteiger partial charge in [0.05, 0.1) is 5.69 Å². The molecule has 6 rings (SSSR count). The average molecular weight is 395 g/mol. The summed E-state index contributed by atoms with van der Waals surface area (Å²) in [5.41, 5.74) is 3.67. The molecule has 146 valence electrons. The highest BCUT2D eigenvalue weighted by Crippen LogP contribution is 2.42. The number of nitrogens with one attached hydrogen (secondary N) is 1. The van der Waals surface area contributed by atoms with E-state index < -0.39 is 0 Å². The Labute approximate surface area is 171 Å². The van der Waals surface area contributed by atoms with Crippen LogP contribution in [0.3, 0.4) is 0 Å². The first-order chi connectivity index (χ1) is 14.7. The van der Waals surface area contributed by atoms with Crippen molar-refractivity contribution in [3.8, 4) is 5.82 Å². The maximum absolute atomic E-state index is 12.7. The summed E-state index contributed by atoms with van der Waals surface area (Å²) in [6, 6.07) is 18.2. The molecule has 0 radical (unpaired) electrons. The number of amides is 1. The molecule has 30 heavy (non-hydrogen) atoms. The summed E-state index contributed by atoms with van der Waals surface area (Å²) in [5, 5.41) is 22.5. The van der Waals surface area contributed by atoms with Crippen molar-refractivity contribution in [3.63, 3.8) is 0 Å². The number of hydrogen-bond donors (Lipinski definition) is 1. The van der Waals surface area contributed by atoms with E-state index in [9.17, 15) is 4.79 Å². The lowest BCUT2D eigenvalue weighted by Crippen LogP contribution is -2.25. The average Bonchev–Trinajstić information content (AvgIpc) is 3.36. The Kier molecular flexibility index (Phi) is 3.49. The van der Waals surface area contributed by atoms with Crippen LogP contribution in [0.15, 0.2) is 60.9 Å². The molecule has 2 aromatic carbocycles. The number of fused-ring (bicyclic) bond motifs is 3. The summed E-state index contributed by atoms with van der Waals surface area (Å²) in [4.78, 5) is 12.7. The molecule has 0 saturated carbocycles. The Hall–Kier alpha value is -4.07. The fourth-order valence-corrected chi connectivity index (χ4v) is 4.36. The predicted molar refractivity (Wildman–Crippen MR) is 112 cm³/mol. The van der Waals surface area contributed by atoms with Crippen LogP contribution < -0.4 is 5.32 Å². The maximum atomic E-state index is 12.7. The minimum atomic E-state index is -0.0766. The summed E-state index contributed by atoms with van der Waals surface area (Å²) in [5.74, 6) is 1.14. The number of benzene rings is 2. The van der Waals surface area contributed by atoms with Crippen LogP contribution in [0, 0.1) is 6.92 Å². The lowest BCUT2D eigenvalue weighted by Gasteiger charge is -2.25. The normalized spacial score (nSPS) is 16.0. The molecule has 0 aliphatic carbocycles. The van der Waals surface area contributed by atoms with Crippen molar-refractivity contribution in [2.75, 3.05) is 5.32 Å². The van der Waals surface area contributed by atoms with Gasteiger partial charge >= 0.3 is 0 Å². The molecule has 5 aromatic rings. The Morgan fingerprint density at radius 2 is 1.90 bits per heavy atom. The summed E-state index contributed by atoms with van der Waals surface area (Å²) in [6.45, 7) is 1.97. The van der Waals surface area contributed by atoms with E-state index in [2.05, 4.69) is 44.9 Å². The van der Waals surface area contributed by atoms with E-state index in [1.807, 2.05) is 37.3 Å². The van der Waals surface area contributed by atoms with E-state index in [4.69, 9.17) is 5.10 Å². The minimum Gasteiger partial charge on any atom is -0.310 e. The van der Waals surface area contributed by atoms with Crippen LogP contribution in [0.1, 0.15) is 29.2 Å². The third kappa shape index (κ3) is 2.43. The third-order valence-electron chi connectivity index (χ3n) is 5.67. The van der Waals surface area contributed by atoms with Gasteiger partial charge in [0.1, 0.15) is 12.1 Å². The summed E-state index contributed by atoms with van der Waals surface area (Å²) in [7, 11) is 0. The van der Waals surface area contributed by atoms with Crippen LogP contribution in [0.5, 0.6) is 0 Å². The number of aryl methyl sites for hydroxylation is 1. The van der Waals surface area contributed by atoms with Gasteiger partial charge < -0.3 is 5.32 Å². The maximum Gasteiger partial charge on any atom is 0.226 e. The molecule has 4 heterocycles. The third-order valence-corrected chi connectivity index (χ3v) is 5.67. The van der Waals surface area contributed by atoms with Gasteiger partial charge in [-0.05, 0) is 35.4 Å². The SMILES string of the molecule is Cc1nn(-c2ccc3nncn3n2)c2c1[C@@H](c1cccc3ccccc13)CC(=O)N2. The largest absolute Gasteiger partial charge is 0.310 e. The zero-order valence-electron chi connectivity index (χ0n) is 16.1. The van der Waals surface area contributed by atoms with Crippen LogP contribution in [0.2, 0.25) is 0 Å². The summed E-state index contributed by atoms with van der Waals surface area (Å²) < 4.78 is 3.28. The fraction of sp³-hybridized carbons (Fsp3) is 0.136. The second-order valence-corrected chi connectivity index (χ2v) is 7.46.